The molecule has 7 nitrogen and oxygen atoms in total. The van der Waals surface area contributed by atoms with Gasteiger partial charge in [-0.2, -0.15) is 0 Å². The lowest BCUT2D eigenvalue weighted by molar-refractivity contribution is -0.142. The first-order valence-corrected chi connectivity index (χ1v) is 11.6. The molecule has 4 atom stereocenters. The molecule has 0 aromatic heterocycles. The lowest BCUT2D eigenvalue weighted by atomic mass is 9.75. The van der Waals surface area contributed by atoms with E-state index >= 15 is 0 Å². The zero-order valence-corrected chi connectivity index (χ0v) is 19.1. The van der Waals surface area contributed by atoms with Gasteiger partial charge in [-0.25, -0.2) is 0 Å². The van der Waals surface area contributed by atoms with Crippen molar-refractivity contribution in [1.82, 2.24) is 10.2 Å². The molecular weight excluding hydrogens is 418 g/mol. The number of nitrogens with zero attached hydrogens (tertiary/aromatic N) is 1. The zero-order valence-electron chi connectivity index (χ0n) is 19.1. The standard InChI is InChI=1S/C26H29N3O4/c1-4-5-10-29-23(31)20-19(13-16-6-8-17(30)9-7-16)28-26(21(20)24(29)32)18-12-14(2)11-15(3)22(18)27-25(26)33/h6-9,11-12,19-21,28,30H,4-5,10,13H2,1-3H3,(H,27,33)/t19-,20+,21-,26+/m0/s1. The van der Waals surface area contributed by atoms with Gasteiger partial charge >= 0.3 is 0 Å². The highest BCUT2D eigenvalue weighted by molar-refractivity contribution is 6.15. The number of anilines is 1. The van der Waals surface area contributed by atoms with E-state index in [1.165, 1.54) is 4.90 Å². The molecular formula is C26H29N3O4. The van der Waals surface area contributed by atoms with Crippen LogP contribution in [0.1, 0.15) is 42.0 Å². The summed E-state index contributed by atoms with van der Waals surface area (Å²) in [6, 6.07) is 10.4. The second kappa shape index (κ2) is 7.70. The predicted molar refractivity (Wildman–Crippen MR) is 124 cm³/mol. The smallest absolute Gasteiger partial charge is 0.250 e. The molecule has 3 amide bonds. The molecule has 3 aliphatic heterocycles. The van der Waals surface area contributed by atoms with Gasteiger partial charge in [0.15, 0.2) is 0 Å². The van der Waals surface area contributed by atoms with Gasteiger partial charge in [-0.05, 0) is 49.9 Å². The molecule has 0 unspecified atom stereocenters. The number of phenolic OH excluding ortho intramolecular Hbond substituents is 1. The molecule has 1 spiro atoms. The number of benzene rings is 2. The Kier molecular flexibility index (Phi) is 5.05. The fourth-order valence-corrected chi connectivity index (χ4v) is 5.92. The van der Waals surface area contributed by atoms with Gasteiger partial charge in [-0.3, -0.25) is 24.6 Å². The number of carbonyl (C=O) groups is 3. The van der Waals surface area contributed by atoms with E-state index in [0.29, 0.717) is 13.0 Å². The highest BCUT2D eigenvalue weighted by Gasteiger charge is 2.70. The van der Waals surface area contributed by atoms with Crippen LogP contribution in [-0.4, -0.2) is 40.3 Å². The van der Waals surface area contributed by atoms with Crippen LogP contribution in [0.2, 0.25) is 0 Å². The molecule has 2 aromatic carbocycles. The Labute approximate surface area is 193 Å². The third-order valence-corrected chi connectivity index (χ3v) is 7.38. The molecule has 3 heterocycles. The third kappa shape index (κ3) is 3.09. The molecule has 2 fully saturated rings. The Morgan fingerprint density at radius 1 is 1.06 bits per heavy atom. The Hall–Kier alpha value is -3.19. The van der Waals surface area contributed by atoms with Gasteiger partial charge < -0.3 is 10.4 Å². The van der Waals surface area contributed by atoms with Crippen molar-refractivity contribution >= 4 is 23.4 Å². The minimum absolute atomic E-state index is 0.167. The molecule has 2 aromatic rings. The average molecular weight is 448 g/mol. The molecule has 0 saturated carbocycles. The topological polar surface area (TPSA) is 98.7 Å². The second-order valence-corrected chi connectivity index (χ2v) is 9.57. The van der Waals surface area contributed by atoms with Crippen LogP contribution in [0.3, 0.4) is 0 Å². The van der Waals surface area contributed by atoms with Crippen LogP contribution in [0.15, 0.2) is 36.4 Å². The first-order chi connectivity index (χ1) is 15.8. The molecule has 0 radical (unpaired) electrons. The number of likely N-dealkylation sites (tertiary alicyclic amines) is 1. The Morgan fingerprint density at radius 2 is 1.79 bits per heavy atom. The summed E-state index contributed by atoms with van der Waals surface area (Å²) in [4.78, 5) is 42.2. The lowest BCUT2D eigenvalue weighted by Gasteiger charge is -2.30. The van der Waals surface area contributed by atoms with Gasteiger partial charge in [0.2, 0.25) is 17.7 Å². The highest BCUT2D eigenvalue weighted by Crippen LogP contribution is 2.54. The largest absolute Gasteiger partial charge is 0.508 e. The van der Waals surface area contributed by atoms with E-state index in [4.69, 9.17) is 0 Å². The number of aromatic hydroxyl groups is 1. The number of aryl methyl sites for hydroxylation is 2. The van der Waals surface area contributed by atoms with E-state index < -0.39 is 17.4 Å². The van der Waals surface area contributed by atoms with Crippen molar-refractivity contribution in [2.24, 2.45) is 11.8 Å². The molecule has 3 aliphatic rings. The fourth-order valence-electron chi connectivity index (χ4n) is 5.92. The monoisotopic (exact) mass is 447 g/mol. The number of unbranched alkanes of at least 4 members (excludes halogenated alkanes) is 1. The van der Waals surface area contributed by atoms with Crippen LogP contribution in [0.25, 0.3) is 0 Å². The van der Waals surface area contributed by atoms with Crippen molar-refractivity contribution in [1.29, 1.82) is 0 Å². The molecule has 5 rings (SSSR count). The Balaban J connectivity index is 1.63. The van der Waals surface area contributed by atoms with Crippen molar-refractivity contribution in [2.75, 3.05) is 11.9 Å². The van der Waals surface area contributed by atoms with Crippen molar-refractivity contribution in [3.63, 3.8) is 0 Å². The van der Waals surface area contributed by atoms with E-state index in [2.05, 4.69) is 10.6 Å². The summed E-state index contributed by atoms with van der Waals surface area (Å²) >= 11 is 0. The molecule has 33 heavy (non-hydrogen) atoms. The zero-order chi connectivity index (χ0) is 23.5. The fraction of sp³-hybridized carbons (Fsp3) is 0.423. The summed E-state index contributed by atoms with van der Waals surface area (Å²) in [5.74, 6) is -1.97. The Bertz CT molecular complexity index is 1160. The van der Waals surface area contributed by atoms with Gasteiger partial charge in [-0.1, -0.05) is 43.2 Å². The minimum atomic E-state index is -1.27. The van der Waals surface area contributed by atoms with Gasteiger partial charge in [-0.15, -0.1) is 0 Å². The maximum absolute atomic E-state index is 13.7. The maximum Gasteiger partial charge on any atom is 0.250 e. The van der Waals surface area contributed by atoms with E-state index in [0.717, 1.165) is 40.8 Å². The molecule has 172 valence electrons. The molecule has 7 heteroatoms. The Morgan fingerprint density at radius 3 is 2.48 bits per heavy atom. The predicted octanol–water partition coefficient (Wildman–Crippen LogP) is 2.77. The van der Waals surface area contributed by atoms with Crippen LogP contribution in [-0.2, 0) is 26.3 Å². The molecule has 0 bridgehead atoms. The molecule has 2 saturated heterocycles. The summed E-state index contributed by atoms with van der Waals surface area (Å²) in [7, 11) is 0. The lowest BCUT2D eigenvalue weighted by Crippen LogP contribution is -2.53. The van der Waals surface area contributed by atoms with Gasteiger partial charge in [0.05, 0.1) is 11.8 Å². The van der Waals surface area contributed by atoms with Crippen LogP contribution in [0.5, 0.6) is 5.75 Å². The van der Waals surface area contributed by atoms with Gasteiger partial charge in [0, 0.05) is 23.8 Å². The number of hydrogen-bond donors (Lipinski definition) is 3. The van der Waals surface area contributed by atoms with Crippen LogP contribution >= 0.6 is 0 Å². The number of nitrogens with one attached hydrogen (secondary N) is 2. The number of fused-ring (bicyclic) bond motifs is 4. The van der Waals surface area contributed by atoms with Crippen LogP contribution in [0, 0.1) is 25.7 Å². The summed E-state index contributed by atoms with van der Waals surface area (Å²) in [6.07, 6.45) is 2.08. The highest BCUT2D eigenvalue weighted by atomic mass is 16.3. The maximum atomic E-state index is 13.7. The van der Waals surface area contributed by atoms with E-state index in [1.807, 2.05) is 45.0 Å². The van der Waals surface area contributed by atoms with Crippen molar-refractivity contribution in [3.05, 3.63) is 58.7 Å². The first kappa shape index (κ1) is 21.6. The number of carbonyl (C=O) groups excluding carboxylic acids is 3. The number of phenols is 1. The first-order valence-electron chi connectivity index (χ1n) is 11.6. The molecule has 3 N–H and O–H groups in total. The summed E-state index contributed by atoms with van der Waals surface area (Å²) < 4.78 is 0. The van der Waals surface area contributed by atoms with Crippen molar-refractivity contribution in [2.45, 2.75) is 51.6 Å². The van der Waals surface area contributed by atoms with Crippen LogP contribution < -0.4 is 10.6 Å². The molecule has 0 aliphatic carbocycles. The van der Waals surface area contributed by atoms with Crippen molar-refractivity contribution in [3.8, 4) is 5.75 Å². The SMILES string of the molecule is CCCCN1C(=O)[C@@H]2[C@H](Cc3ccc(O)cc3)N[C@@]3(C(=O)Nc4c(C)cc(C)cc43)[C@@H]2C1=O. The second-order valence-electron chi connectivity index (χ2n) is 9.57. The quantitative estimate of drug-likeness (QED) is 0.613. The normalized spacial score (nSPS) is 27.9. The number of imide groups is 1. The van der Waals surface area contributed by atoms with Crippen LogP contribution in [0.4, 0.5) is 5.69 Å². The van der Waals surface area contributed by atoms with E-state index in [1.54, 1.807) is 12.1 Å². The minimum Gasteiger partial charge on any atom is -0.508 e. The summed E-state index contributed by atoms with van der Waals surface area (Å²) in [6.45, 7) is 6.32. The number of amides is 3. The summed E-state index contributed by atoms with van der Waals surface area (Å²) in [5, 5.41) is 16.1. The number of hydrogen-bond acceptors (Lipinski definition) is 5. The average Bonchev–Trinajstić information content (AvgIpc) is 3.34. The van der Waals surface area contributed by atoms with Crippen molar-refractivity contribution < 1.29 is 19.5 Å². The number of rotatable bonds is 5. The van der Waals surface area contributed by atoms with E-state index in [-0.39, 0.29) is 29.5 Å². The third-order valence-electron chi connectivity index (χ3n) is 7.38. The van der Waals surface area contributed by atoms with Gasteiger partial charge in [0.1, 0.15) is 11.3 Å². The van der Waals surface area contributed by atoms with E-state index in [9.17, 15) is 19.5 Å². The summed E-state index contributed by atoms with van der Waals surface area (Å²) in [5.41, 5.74) is 3.08. The van der Waals surface area contributed by atoms with Gasteiger partial charge in [0.25, 0.3) is 0 Å².